The van der Waals surface area contributed by atoms with Crippen LogP contribution in [0.1, 0.15) is 50.5 Å². The third kappa shape index (κ3) is 5.52. The van der Waals surface area contributed by atoms with E-state index in [9.17, 15) is 0 Å². The van der Waals surface area contributed by atoms with Gasteiger partial charge in [-0.2, -0.15) is 0 Å². The molecule has 0 radical (unpaired) electrons. The van der Waals surface area contributed by atoms with E-state index in [1.807, 2.05) is 18.2 Å². The van der Waals surface area contributed by atoms with E-state index in [4.69, 9.17) is 11.6 Å². The summed E-state index contributed by atoms with van der Waals surface area (Å²) < 4.78 is 0. The van der Waals surface area contributed by atoms with E-state index in [0.717, 1.165) is 22.9 Å². The molecule has 0 aromatic heterocycles. The zero-order chi connectivity index (χ0) is 18.2. The van der Waals surface area contributed by atoms with E-state index in [0.29, 0.717) is 5.92 Å². The van der Waals surface area contributed by atoms with Crippen LogP contribution >= 0.6 is 11.6 Å². The van der Waals surface area contributed by atoms with Gasteiger partial charge in [-0.3, -0.25) is 0 Å². The molecule has 0 amide bonds. The summed E-state index contributed by atoms with van der Waals surface area (Å²) in [5.74, 6) is 8.37. The Balaban J connectivity index is 1.52. The number of halogens is 1. The molecule has 0 bridgehead atoms. The van der Waals surface area contributed by atoms with Gasteiger partial charge in [0.05, 0.1) is 0 Å². The average molecular weight is 363 g/mol. The van der Waals surface area contributed by atoms with Gasteiger partial charge >= 0.3 is 0 Å². The molecule has 0 N–H and O–H groups in total. The van der Waals surface area contributed by atoms with Gasteiger partial charge in [0, 0.05) is 16.5 Å². The maximum Gasteiger partial charge on any atom is 0.0406 e. The highest BCUT2D eigenvalue weighted by atomic mass is 35.5. The summed E-state index contributed by atoms with van der Waals surface area (Å²) in [5.41, 5.74) is 3.49. The molecular formula is C25H27Cl. The Labute approximate surface area is 163 Å². The molecule has 0 unspecified atom stereocenters. The van der Waals surface area contributed by atoms with Crippen molar-refractivity contribution in [3.05, 3.63) is 71.8 Å². The first kappa shape index (κ1) is 18.8. The molecule has 1 heteroatoms. The van der Waals surface area contributed by atoms with E-state index >= 15 is 0 Å². The zero-order valence-corrected chi connectivity index (χ0v) is 16.1. The van der Waals surface area contributed by atoms with Crippen molar-refractivity contribution in [2.75, 3.05) is 0 Å². The number of hydrogen-bond donors (Lipinski definition) is 0. The fourth-order valence-corrected chi connectivity index (χ4v) is 3.85. The molecule has 3 rings (SSSR count). The van der Waals surface area contributed by atoms with Crippen LogP contribution in [-0.2, 0) is 0 Å². The quantitative estimate of drug-likeness (QED) is 0.293. The number of benzene rings is 2. The van der Waals surface area contributed by atoms with Crippen LogP contribution in [0.5, 0.6) is 0 Å². The maximum absolute atomic E-state index is 5.96. The van der Waals surface area contributed by atoms with Crippen molar-refractivity contribution in [1.82, 2.24) is 0 Å². The summed E-state index contributed by atoms with van der Waals surface area (Å²) in [6, 6.07) is 16.5. The minimum absolute atomic E-state index is 0.571. The lowest BCUT2D eigenvalue weighted by molar-refractivity contribution is 0.297. The second-order valence-corrected chi connectivity index (χ2v) is 7.73. The molecule has 0 heterocycles. The van der Waals surface area contributed by atoms with Crippen LogP contribution in [0.4, 0.5) is 0 Å². The predicted octanol–water partition coefficient (Wildman–Crippen LogP) is 7.52. The van der Waals surface area contributed by atoms with Gasteiger partial charge in [-0.25, -0.2) is 0 Å². The van der Waals surface area contributed by atoms with Gasteiger partial charge in [0.15, 0.2) is 0 Å². The highest BCUT2D eigenvalue weighted by Gasteiger charge is 2.19. The predicted molar refractivity (Wildman–Crippen MR) is 113 cm³/mol. The third-order valence-corrected chi connectivity index (χ3v) is 5.60. The number of rotatable bonds is 5. The Kier molecular flexibility index (Phi) is 6.98. The normalized spacial score (nSPS) is 19.4. The summed E-state index contributed by atoms with van der Waals surface area (Å²) in [7, 11) is 0. The molecule has 0 saturated heterocycles. The van der Waals surface area contributed by atoms with Crippen molar-refractivity contribution in [3.63, 3.8) is 0 Å². The number of hydrogen-bond acceptors (Lipinski definition) is 0. The average Bonchev–Trinajstić information content (AvgIpc) is 2.69. The third-order valence-electron chi connectivity index (χ3n) is 5.35. The molecule has 0 spiro atoms. The first-order valence-electron chi connectivity index (χ1n) is 9.73. The molecule has 0 nitrogen and oxygen atoms in total. The lowest BCUT2D eigenvalue weighted by Crippen LogP contribution is -2.13. The standard InChI is InChI=1S/C25H27Cl/c1-2-3-4-5-20-6-8-21(9-7-20)10-11-22-12-14-23(15-13-22)24-16-18-25(26)19-17-24/h2,12-21H,1,3-9H2. The van der Waals surface area contributed by atoms with Gasteiger partial charge in [0.2, 0.25) is 0 Å². The van der Waals surface area contributed by atoms with Gasteiger partial charge in [0.1, 0.15) is 0 Å². The van der Waals surface area contributed by atoms with Gasteiger partial charge in [-0.15, -0.1) is 6.58 Å². The second kappa shape index (κ2) is 9.65. The van der Waals surface area contributed by atoms with Crippen LogP contribution < -0.4 is 0 Å². The Morgan fingerprint density at radius 1 is 0.923 bits per heavy atom. The highest BCUT2D eigenvalue weighted by Crippen LogP contribution is 2.31. The fourth-order valence-electron chi connectivity index (χ4n) is 3.72. The number of allylic oxidation sites excluding steroid dienone is 1. The van der Waals surface area contributed by atoms with E-state index in [1.165, 1.54) is 49.7 Å². The molecule has 2 aromatic rings. The van der Waals surface area contributed by atoms with Crippen molar-refractivity contribution >= 4 is 11.6 Å². The van der Waals surface area contributed by atoms with Crippen molar-refractivity contribution in [3.8, 4) is 23.0 Å². The van der Waals surface area contributed by atoms with Gasteiger partial charge in [0.25, 0.3) is 0 Å². The minimum atomic E-state index is 0.571. The summed E-state index contributed by atoms with van der Waals surface area (Å²) in [6.45, 7) is 3.81. The molecule has 26 heavy (non-hydrogen) atoms. The van der Waals surface area contributed by atoms with E-state index < -0.39 is 0 Å². The Hall–Kier alpha value is -1.97. The first-order valence-corrected chi connectivity index (χ1v) is 10.1. The topological polar surface area (TPSA) is 0 Å². The molecule has 2 aromatic carbocycles. The van der Waals surface area contributed by atoms with Gasteiger partial charge in [-0.1, -0.05) is 60.2 Å². The van der Waals surface area contributed by atoms with E-state index in [1.54, 1.807) is 0 Å². The number of unbranched alkanes of at least 4 members (excludes halogenated alkanes) is 1. The molecule has 0 atom stereocenters. The van der Waals surface area contributed by atoms with E-state index in [-0.39, 0.29) is 0 Å². The summed E-state index contributed by atoms with van der Waals surface area (Å²) in [6.07, 6.45) is 11.0. The van der Waals surface area contributed by atoms with E-state index in [2.05, 4.69) is 54.8 Å². The van der Waals surface area contributed by atoms with Crippen LogP contribution in [0.3, 0.4) is 0 Å². The smallest absolute Gasteiger partial charge is 0.0406 e. The van der Waals surface area contributed by atoms with Gasteiger partial charge in [-0.05, 0) is 79.8 Å². The Morgan fingerprint density at radius 3 is 2.15 bits per heavy atom. The van der Waals surface area contributed by atoms with Crippen molar-refractivity contribution < 1.29 is 0 Å². The zero-order valence-electron chi connectivity index (χ0n) is 15.4. The molecule has 0 aliphatic heterocycles. The molecule has 134 valence electrons. The molecular weight excluding hydrogens is 336 g/mol. The van der Waals surface area contributed by atoms with Crippen molar-refractivity contribution in [1.29, 1.82) is 0 Å². The van der Waals surface area contributed by atoms with Crippen LogP contribution in [-0.4, -0.2) is 0 Å². The molecule has 1 aliphatic rings. The molecule has 1 aliphatic carbocycles. The summed E-state index contributed by atoms with van der Waals surface area (Å²) in [5, 5.41) is 0.770. The van der Waals surface area contributed by atoms with Crippen molar-refractivity contribution in [2.24, 2.45) is 11.8 Å². The SMILES string of the molecule is C=CCCCC1CCC(C#Cc2ccc(-c3ccc(Cl)cc3)cc2)CC1. The van der Waals surface area contributed by atoms with Crippen LogP contribution in [0, 0.1) is 23.7 Å². The Morgan fingerprint density at radius 2 is 1.54 bits per heavy atom. The molecule has 1 saturated carbocycles. The minimum Gasteiger partial charge on any atom is -0.103 e. The summed E-state index contributed by atoms with van der Waals surface area (Å²) >= 11 is 5.96. The Bertz CT molecular complexity index is 751. The van der Waals surface area contributed by atoms with Gasteiger partial charge < -0.3 is 0 Å². The van der Waals surface area contributed by atoms with Crippen molar-refractivity contribution in [2.45, 2.75) is 44.9 Å². The highest BCUT2D eigenvalue weighted by molar-refractivity contribution is 6.30. The van der Waals surface area contributed by atoms with Crippen LogP contribution in [0.2, 0.25) is 5.02 Å². The summed E-state index contributed by atoms with van der Waals surface area (Å²) in [4.78, 5) is 0. The maximum atomic E-state index is 5.96. The molecule has 1 fully saturated rings. The largest absolute Gasteiger partial charge is 0.103 e. The fraction of sp³-hybridized carbons (Fsp3) is 0.360. The lowest BCUT2D eigenvalue weighted by Gasteiger charge is -2.25. The monoisotopic (exact) mass is 362 g/mol. The van der Waals surface area contributed by atoms with Crippen LogP contribution in [0.15, 0.2) is 61.2 Å². The van der Waals surface area contributed by atoms with Crippen LogP contribution in [0.25, 0.3) is 11.1 Å². The second-order valence-electron chi connectivity index (χ2n) is 7.29. The first-order chi connectivity index (χ1) is 12.7. The lowest BCUT2D eigenvalue weighted by atomic mass is 9.80.